The number of pyridine rings is 1. The first-order chi connectivity index (χ1) is 13.1. The van der Waals surface area contributed by atoms with Gasteiger partial charge in [-0.25, -0.2) is 9.50 Å². The number of likely N-dealkylation sites (tertiary alicyclic amines) is 1. The Morgan fingerprint density at radius 3 is 2.78 bits per heavy atom. The first-order valence-electron chi connectivity index (χ1n) is 8.85. The van der Waals surface area contributed by atoms with Crippen LogP contribution < -0.4 is 5.32 Å². The monoisotopic (exact) mass is 364 g/mol. The van der Waals surface area contributed by atoms with Crippen LogP contribution in [-0.4, -0.2) is 56.4 Å². The highest BCUT2D eigenvalue weighted by molar-refractivity contribution is 5.99. The predicted octanol–water partition coefficient (Wildman–Crippen LogP) is 1.42. The summed E-state index contributed by atoms with van der Waals surface area (Å²) in [5.41, 5.74) is 3.40. The van der Waals surface area contributed by atoms with Crippen LogP contribution in [0.2, 0.25) is 0 Å². The van der Waals surface area contributed by atoms with Gasteiger partial charge in [-0.1, -0.05) is 0 Å². The van der Waals surface area contributed by atoms with Crippen LogP contribution in [0.3, 0.4) is 0 Å². The van der Waals surface area contributed by atoms with Gasteiger partial charge in [0, 0.05) is 44.1 Å². The largest absolute Gasteiger partial charge is 0.355 e. The molecule has 1 aliphatic rings. The number of nitrogens with one attached hydrogen (secondary N) is 1. The predicted molar refractivity (Wildman–Crippen MR) is 98.6 cm³/mol. The zero-order valence-corrected chi connectivity index (χ0v) is 15.2. The fraction of sp³-hybridized carbons (Fsp3) is 0.316. The summed E-state index contributed by atoms with van der Waals surface area (Å²) in [6, 6.07) is 5.56. The van der Waals surface area contributed by atoms with Crippen molar-refractivity contribution in [3.05, 3.63) is 59.3 Å². The second-order valence-electron chi connectivity index (χ2n) is 6.67. The van der Waals surface area contributed by atoms with Gasteiger partial charge in [0.1, 0.15) is 5.56 Å². The summed E-state index contributed by atoms with van der Waals surface area (Å²) in [7, 11) is 1.58. The summed E-state index contributed by atoms with van der Waals surface area (Å²) in [5, 5.41) is 6.95. The third kappa shape index (κ3) is 3.03. The highest BCUT2D eigenvalue weighted by Gasteiger charge is 2.30. The van der Waals surface area contributed by atoms with Gasteiger partial charge >= 0.3 is 0 Å². The van der Waals surface area contributed by atoms with Crippen molar-refractivity contribution in [1.82, 2.24) is 29.8 Å². The van der Waals surface area contributed by atoms with E-state index in [1.54, 1.807) is 24.0 Å². The van der Waals surface area contributed by atoms with Crippen LogP contribution in [0, 0.1) is 6.92 Å². The van der Waals surface area contributed by atoms with Gasteiger partial charge in [-0.05, 0) is 31.5 Å². The van der Waals surface area contributed by atoms with Gasteiger partial charge in [0.2, 0.25) is 0 Å². The lowest BCUT2D eigenvalue weighted by Gasteiger charge is -2.17. The Hall–Kier alpha value is -3.29. The smallest absolute Gasteiger partial charge is 0.256 e. The van der Waals surface area contributed by atoms with E-state index in [0.717, 1.165) is 17.8 Å². The molecule has 27 heavy (non-hydrogen) atoms. The van der Waals surface area contributed by atoms with E-state index in [1.165, 1.54) is 6.20 Å². The summed E-state index contributed by atoms with van der Waals surface area (Å²) < 4.78 is 1.71. The molecule has 1 fully saturated rings. The molecule has 8 nitrogen and oxygen atoms in total. The first-order valence-corrected chi connectivity index (χ1v) is 8.85. The van der Waals surface area contributed by atoms with Crippen molar-refractivity contribution in [3.8, 4) is 0 Å². The minimum Gasteiger partial charge on any atom is -0.355 e. The second kappa shape index (κ2) is 6.79. The second-order valence-corrected chi connectivity index (χ2v) is 6.67. The number of nitrogens with zero attached hydrogens (tertiary/aromatic N) is 5. The molecule has 1 atom stereocenters. The summed E-state index contributed by atoms with van der Waals surface area (Å²) in [4.78, 5) is 35.1. The topological polar surface area (TPSA) is 92.5 Å². The molecule has 1 aliphatic heterocycles. The fourth-order valence-corrected chi connectivity index (χ4v) is 3.48. The highest BCUT2D eigenvalue weighted by Crippen LogP contribution is 2.28. The van der Waals surface area contributed by atoms with Crippen LogP contribution in [0.5, 0.6) is 0 Å². The standard InChI is InChI=1S/C19H20N6O2/c1-12-3-4-13(9-22-12)19(27)24-8-6-14(11-24)16-5-7-21-17-15(18(26)20-2)10-23-25(16)17/h3-5,7,9-10,14H,6,8,11H2,1-2H3,(H,20,26)/t14-/m1/s1. The van der Waals surface area contributed by atoms with Crippen LogP contribution in [0.4, 0.5) is 0 Å². The Kier molecular flexibility index (Phi) is 4.31. The number of amides is 2. The molecule has 8 heteroatoms. The van der Waals surface area contributed by atoms with E-state index in [1.807, 2.05) is 30.0 Å². The summed E-state index contributed by atoms with van der Waals surface area (Å²) in [6.07, 6.45) is 5.67. The van der Waals surface area contributed by atoms with Gasteiger partial charge in [-0.15, -0.1) is 0 Å². The maximum absolute atomic E-state index is 12.7. The average molecular weight is 364 g/mol. The van der Waals surface area contributed by atoms with Crippen molar-refractivity contribution in [3.63, 3.8) is 0 Å². The third-order valence-corrected chi connectivity index (χ3v) is 4.95. The van der Waals surface area contributed by atoms with Crippen LogP contribution in [0.1, 0.15) is 44.4 Å². The van der Waals surface area contributed by atoms with Crippen molar-refractivity contribution in [2.45, 2.75) is 19.3 Å². The van der Waals surface area contributed by atoms with E-state index in [4.69, 9.17) is 0 Å². The molecule has 1 N–H and O–H groups in total. The molecule has 1 saturated heterocycles. The van der Waals surface area contributed by atoms with Gasteiger partial charge < -0.3 is 10.2 Å². The molecule has 0 saturated carbocycles. The highest BCUT2D eigenvalue weighted by atomic mass is 16.2. The third-order valence-electron chi connectivity index (χ3n) is 4.95. The van der Waals surface area contributed by atoms with Gasteiger partial charge in [0.05, 0.1) is 17.5 Å². The molecule has 0 aliphatic carbocycles. The number of aromatic nitrogens is 4. The van der Waals surface area contributed by atoms with Crippen LogP contribution in [0.15, 0.2) is 36.8 Å². The minimum absolute atomic E-state index is 0.0122. The number of hydrogen-bond acceptors (Lipinski definition) is 5. The molecule has 0 unspecified atom stereocenters. The normalized spacial score (nSPS) is 16.7. The Morgan fingerprint density at radius 2 is 2.04 bits per heavy atom. The molecular weight excluding hydrogens is 344 g/mol. The van der Waals surface area contributed by atoms with Crippen LogP contribution in [-0.2, 0) is 0 Å². The van der Waals surface area contributed by atoms with Crippen molar-refractivity contribution >= 4 is 17.5 Å². The Bertz CT molecular complexity index is 1010. The average Bonchev–Trinajstić information content (AvgIpc) is 3.34. The molecule has 0 bridgehead atoms. The van der Waals surface area contributed by atoms with Crippen LogP contribution in [0.25, 0.3) is 5.65 Å². The van der Waals surface area contributed by atoms with Gasteiger partial charge in [0.25, 0.3) is 11.8 Å². The lowest BCUT2D eigenvalue weighted by atomic mass is 10.0. The molecule has 3 aromatic rings. The molecule has 4 rings (SSSR count). The Morgan fingerprint density at radius 1 is 1.19 bits per heavy atom. The van der Waals surface area contributed by atoms with Crippen molar-refractivity contribution in [2.24, 2.45) is 0 Å². The van der Waals surface area contributed by atoms with Gasteiger partial charge in [0.15, 0.2) is 5.65 Å². The summed E-state index contributed by atoms with van der Waals surface area (Å²) in [5.74, 6) is -0.0955. The number of carbonyl (C=O) groups is 2. The molecular formula is C19H20N6O2. The number of hydrogen-bond donors (Lipinski definition) is 1. The molecule has 0 aromatic carbocycles. The molecule has 0 radical (unpaired) electrons. The van der Waals surface area contributed by atoms with E-state index < -0.39 is 0 Å². The number of carbonyl (C=O) groups excluding carboxylic acids is 2. The zero-order valence-electron chi connectivity index (χ0n) is 15.2. The minimum atomic E-state index is -0.218. The van der Waals surface area contributed by atoms with Crippen molar-refractivity contribution in [1.29, 1.82) is 0 Å². The number of fused-ring (bicyclic) bond motifs is 1. The molecule has 4 heterocycles. The Labute approximate surface area is 156 Å². The molecule has 2 amide bonds. The zero-order chi connectivity index (χ0) is 19.0. The van der Waals surface area contributed by atoms with Crippen molar-refractivity contribution < 1.29 is 9.59 Å². The number of aryl methyl sites for hydroxylation is 1. The van der Waals surface area contributed by atoms with E-state index in [9.17, 15) is 9.59 Å². The lowest BCUT2D eigenvalue weighted by molar-refractivity contribution is 0.0790. The first kappa shape index (κ1) is 17.1. The summed E-state index contributed by atoms with van der Waals surface area (Å²) >= 11 is 0. The molecule has 3 aromatic heterocycles. The van der Waals surface area contributed by atoms with Crippen LogP contribution >= 0.6 is 0 Å². The summed E-state index contributed by atoms with van der Waals surface area (Å²) in [6.45, 7) is 3.16. The van der Waals surface area contributed by atoms with E-state index in [2.05, 4.69) is 20.4 Å². The molecule has 138 valence electrons. The van der Waals surface area contributed by atoms with E-state index in [0.29, 0.717) is 29.9 Å². The molecule has 0 spiro atoms. The maximum atomic E-state index is 12.7. The fourth-order valence-electron chi connectivity index (χ4n) is 3.48. The Balaban J connectivity index is 1.59. The quantitative estimate of drug-likeness (QED) is 0.759. The van der Waals surface area contributed by atoms with Crippen molar-refractivity contribution in [2.75, 3.05) is 20.1 Å². The SMILES string of the molecule is CNC(=O)c1cnn2c([C@@H]3CCN(C(=O)c4ccc(C)nc4)C3)ccnc12. The lowest BCUT2D eigenvalue weighted by Crippen LogP contribution is -2.28. The number of rotatable bonds is 3. The van der Waals surface area contributed by atoms with Gasteiger partial charge in [-0.2, -0.15) is 5.10 Å². The van der Waals surface area contributed by atoms with E-state index >= 15 is 0 Å². The van der Waals surface area contributed by atoms with E-state index in [-0.39, 0.29) is 17.7 Å². The maximum Gasteiger partial charge on any atom is 0.256 e. The van der Waals surface area contributed by atoms with Gasteiger partial charge in [-0.3, -0.25) is 14.6 Å².